The molecule has 0 aromatic carbocycles. The average molecular weight is 270 g/mol. The Morgan fingerprint density at radius 3 is 2.67 bits per heavy atom. The van der Waals surface area contributed by atoms with Gasteiger partial charge in [0.25, 0.3) is 0 Å². The molecular formula is C11H18N4O2S. The molecule has 18 heavy (non-hydrogen) atoms. The standard InChI is InChI=1S/C11H18N4O2S/c1-8-4-5-15(7-10(8)12)11-3-2-9(6-14-11)18(13,16)17/h2-3,6,8,10H,4-5,7,12H2,1H3,(H2,13,16,17). The van der Waals surface area contributed by atoms with Gasteiger partial charge >= 0.3 is 0 Å². The third-order valence-electron chi connectivity index (χ3n) is 3.39. The number of nitrogens with two attached hydrogens (primary N) is 2. The molecule has 0 amide bonds. The van der Waals surface area contributed by atoms with Crippen LogP contribution < -0.4 is 15.8 Å². The van der Waals surface area contributed by atoms with Crippen LogP contribution in [-0.2, 0) is 10.0 Å². The predicted octanol–water partition coefficient (Wildman–Crippen LogP) is -0.0975. The molecule has 1 aromatic heterocycles. The van der Waals surface area contributed by atoms with Gasteiger partial charge in [-0.1, -0.05) is 6.92 Å². The lowest BCUT2D eigenvalue weighted by Gasteiger charge is -2.35. The Labute approximate surface area is 107 Å². The Hall–Kier alpha value is -1.18. The van der Waals surface area contributed by atoms with Crippen LogP contribution in [0.3, 0.4) is 0 Å². The van der Waals surface area contributed by atoms with Crippen LogP contribution in [0.2, 0.25) is 0 Å². The van der Waals surface area contributed by atoms with E-state index >= 15 is 0 Å². The maximum absolute atomic E-state index is 11.1. The average Bonchev–Trinajstić information content (AvgIpc) is 2.32. The van der Waals surface area contributed by atoms with Crippen molar-refractivity contribution in [1.29, 1.82) is 0 Å². The zero-order valence-electron chi connectivity index (χ0n) is 10.3. The molecule has 0 spiro atoms. The summed E-state index contributed by atoms with van der Waals surface area (Å²) in [5.41, 5.74) is 6.02. The maximum atomic E-state index is 11.1. The molecule has 1 aliphatic heterocycles. The minimum Gasteiger partial charge on any atom is -0.355 e. The fraction of sp³-hybridized carbons (Fsp3) is 0.545. The van der Waals surface area contributed by atoms with Crippen LogP contribution in [0.4, 0.5) is 5.82 Å². The zero-order valence-corrected chi connectivity index (χ0v) is 11.1. The SMILES string of the molecule is CC1CCN(c2ccc(S(N)(=O)=O)cn2)CC1N. The zero-order chi connectivity index (χ0) is 13.3. The van der Waals surface area contributed by atoms with Crippen LogP contribution in [0.15, 0.2) is 23.2 Å². The second kappa shape index (κ2) is 4.83. The molecule has 0 saturated carbocycles. The van der Waals surface area contributed by atoms with Gasteiger partial charge in [-0.15, -0.1) is 0 Å². The van der Waals surface area contributed by atoms with Crippen molar-refractivity contribution in [1.82, 2.24) is 4.98 Å². The summed E-state index contributed by atoms with van der Waals surface area (Å²) >= 11 is 0. The maximum Gasteiger partial charge on any atom is 0.239 e. The molecule has 2 heterocycles. The van der Waals surface area contributed by atoms with Crippen molar-refractivity contribution in [3.8, 4) is 0 Å². The number of primary sulfonamides is 1. The monoisotopic (exact) mass is 270 g/mol. The van der Waals surface area contributed by atoms with Gasteiger partial charge in [-0.2, -0.15) is 0 Å². The lowest BCUT2D eigenvalue weighted by molar-refractivity contribution is 0.378. The minimum atomic E-state index is -3.68. The molecule has 1 aliphatic rings. The Kier molecular flexibility index (Phi) is 3.56. The fourth-order valence-corrected chi connectivity index (χ4v) is 2.49. The Bertz CT molecular complexity index is 514. The first-order valence-corrected chi connectivity index (χ1v) is 7.42. The second-order valence-electron chi connectivity index (χ2n) is 4.77. The molecule has 1 aromatic rings. The summed E-state index contributed by atoms with van der Waals surface area (Å²) in [7, 11) is -3.68. The first-order chi connectivity index (χ1) is 8.38. The summed E-state index contributed by atoms with van der Waals surface area (Å²) in [5, 5.41) is 5.02. The summed E-state index contributed by atoms with van der Waals surface area (Å²) < 4.78 is 22.2. The van der Waals surface area contributed by atoms with Crippen molar-refractivity contribution in [3.05, 3.63) is 18.3 Å². The lowest BCUT2D eigenvalue weighted by Crippen LogP contribution is -2.47. The van der Waals surface area contributed by atoms with Gasteiger partial charge in [0.2, 0.25) is 10.0 Å². The summed E-state index contributed by atoms with van der Waals surface area (Å²) in [6.45, 7) is 3.76. The van der Waals surface area contributed by atoms with E-state index < -0.39 is 10.0 Å². The molecule has 7 heteroatoms. The Balaban J connectivity index is 2.16. The van der Waals surface area contributed by atoms with Crippen molar-refractivity contribution in [3.63, 3.8) is 0 Å². The molecule has 0 bridgehead atoms. The number of nitrogens with zero attached hydrogens (tertiary/aromatic N) is 2. The van der Waals surface area contributed by atoms with E-state index in [2.05, 4.69) is 16.8 Å². The topological polar surface area (TPSA) is 102 Å². The van der Waals surface area contributed by atoms with Crippen LogP contribution in [0.5, 0.6) is 0 Å². The van der Waals surface area contributed by atoms with Crippen molar-refractivity contribution >= 4 is 15.8 Å². The molecule has 2 unspecified atom stereocenters. The van der Waals surface area contributed by atoms with Gasteiger partial charge in [-0.3, -0.25) is 0 Å². The molecule has 0 radical (unpaired) electrons. The molecular weight excluding hydrogens is 252 g/mol. The van der Waals surface area contributed by atoms with E-state index in [9.17, 15) is 8.42 Å². The largest absolute Gasteiger partial charge is 0.355 e. The van der Waals surface area contributed by atoms with Crippen molar-refractivity contribution in [2.45, 2.75) is 24.3 Å². The highest BCUT2D eigenvalue weighted by molar-refractivity contribution is 7.89. The number of pyridine rings is 1. The van der Waals surface area contributed by atoms with E-state index in [0.717, 1.165) is 25.3 Å². The van der Waals surface area contributed by atoms with E-state index in [1.165, 1.54) is 12.3 Å². The molecule has 2 rings (SSSR count). The smallest absolute Gasteiger partial charge is 0.239 e. The number of hydrogen-bond donors (Lipinski definition) is 2. The van der Waals surface area contributed by atoms with E-state index in [1.807, 2.05) is 0 Å². The minimum absolute atomic E-state index is 0.0286. The normalized spacial score (nSPS) is 25.2. The molecule has 4 N–H and O–H groups in total. The van der Waals surface area contributed by atoms with Crippen LogP contribution >= 0.6 is 0 Å². The number of piperidine rings is 1. The van der Waals surface area contributed by atoms with E-state index in [0.29, 0.717) is 5.92 Å². The number of sulfonamides is 1. The Morgan fingerprint density at radius 1 is 1.44 bits per heavy atom. The second-order valence-corrected chi connectivity index (χ2v) is 6.33. The van der Waals surface area contributed by atoms with Gasteiger partial charge in [0.05, 0.1) is 0 Å². The van der Waals surface area contributed by atoms with E-state index in [1.54, 1.807) is 6.07 Å². The van der Waals surface area contributed by atoms with E-state index in [-0.39, 0.29) is 10.9 Å². The highest BCUT2D eigenvalue weighted by Crippen LogP contribution is 2.21. The third kappa shape index (κ3) is 2.80. The highest BCUT2D eigenvalue weighted by atomic mass is 32.2. The fourth-order valence-electron chi connectivity index (χ4n) is 2.04. The van der Waals surface area contributed by atoms with Gasteiger partial charge in [-0.25, -0.2) is 18.5 Å². The Morgan fingerprint density at radius 2 is 2.17 bits per heavy atom. The molecule has 2 atom stereocenters. The van der Waals surface area contributed by atoms with E-state index in [4.69, 9.17) is 10.9 Å². The lowest BCUT2D eigenvalue weighted by atomic mass is 9.94. The summed E-state index contributed by atoms with van der Waals surface area (Å²) in [5.74, 6) is 1.25. The molecule has 1 fully saturated rings. The number of anilines is 1. The van der Waals surface area contributed by atoms with Gasteiger partial charge < -0.3 is 10.6 Å². The van der Waals surface area contributed by atoms with Crippen LogP contribution in [0.1, 0.15) is 13.3 Å². The molecule has 100 valence electrons. The predicted molar refractivity (Wildman–Crippen MR) is 69.6 cm³/mol. The summed E-state index contributed by atoms with van der Waals surface area (Å²) in [6, 6.07) is 3.27. The quantitative estimate of drug-likeness (QED) is 0.781. The third-order valence-corrected chi connectivity index (χ3v) is 4.29. The molecule has 1 saturated heterocycles. The van der Waals surface area contributed by atoms with Crippen molar-refractivity contribution in [2.24, 2.45) is 16.8 Å². The molecule has 0 aliphatic carbocycles. The molecule has 6 nitrogen and oxygen atoms in total. The van der Waals surface area contributed by atoms with Crippen LogP contribution in [-0.4, -0.2) is 32.5 Å². The van der Waals surface area contributed by atoms with Crippen LogP contribution in [0.25, 0.3) is 0 Å². The number of hydrogen-bond acceptors (Lipinski definition) is 5. The number of rotatable bonds is 2. The summed E-state index contributed by atoms with van der Waals surface area (Å²) in [6.07, 6.45) is 2.30. The first-order valence-electron chi connectivity index (χ1n) is 5.87. The summed E-state index contributed by atoms with van der Waals surface area (Å²) in [4.78, 5) is 6.24. The van der Waals surface area contributed by atoms with Gasteiger partial charge in [0, 0.05) is 25.3 Å². The van der Waals surface area contributed by atoms with Crippen molar-refractivity contribution < 1.29 is 8.42 Å². The van der Waals surface area contributed by atoms with Crippen molar-refractivity contribution in [2.75, 3.05) is 18.0 Å². The highest BCUT2D eigenvalue weighted by Gasteiger charge is 2.24. The van der Waals surface area contributed by atoms with Gasteiger partial charge in [0.1, 0.15) is 10.7 Å². The van der Waals surface area contributed by atoms with Gasteiger partial charge in [-0.05, 0) is 24.5 Å². The van der Waals surface area contributed by atoms with Gasteiger partial charge in [0.15, 0.2) is 0 Å². The first kappa shape index (κ1) is 13.3. The van der Waals surface area contributed by atoms with Crippen LogP contribution in [0, 0.1) is 5.92 Å². The number of aromatic nitrogens is 1.